The summed E-state index contributed by atoms with van der Waals surface area (Å²) < 4.78 is 34.5. The number of sulfonamides is 1. The Morgan fingerprint density at radius 2 is 1.88 bits per heavy atom. The van der Waals surface area contributed by atoms with E-state index in [9.17, 15) is 23.1 Å². The molecule has 2 aromatic carbocycles. The van der Waals surface area contributed by atoms with Crippen LogP contribution < -0.4 is 5.32 Å². The van der Waals surface area contributed by atoms with Crippen LogP contribution in [-0.2, 0) is 39.1 Å². The number of nitrogens with one attached hydrogen (secondary N) is 1. The number of nitrogens with zero attached hydrogens (tertiary/aromatic N) is 5. The number of aromatic nitrogens is 1. The van der Waals surface area contributed by atoms with Gasteiger partial charge in [-0.25, -0.2) is 18.2 Å². The van der Waals surface area contributed by atoms with Crippen LogP contribution in [0, 0.1) is 11.8 Å². The standard InChI is InChI=1S/C36H48N6O7S2/c1-25(2)34(42-17-16-40(36(42)45)21-29-24-50-33(38-29)23-49-3)35(44)39-31(18-26-8-5-4-6-9-26)32(43)22-41(20-28-10-7-11-28)51(47,48)30-14-12-27(13-15-30)19-37-46/h4-6,8-9,12-15,19,24-25,28,31-32,34,43,46H,7,10-11,16-18,20-23H2,1-3H3,(H,39,44)/b37-19+/t31-,32+,34-/m0/s1. The van der Waals surface area contributed by atoms with Crippen LogP contribution in [0.3, 0.4) is 0 Å². The number of benzene rings is 2. The topological polar surface area (TPSA) is 165 Å². The molecule has 15 heteroatoms. The highest BCUT2D eigenvalue weighted by Crippen LogP contribution is 2.30. The molecule has 2 aliphatic rings. The number of hydrogen-bond donors (Lipinski definition) is 3. The zero-order chi connectivity index (χ0) is 36.5. The Morgan fingerprint density at radius 1 is 1.16 bits per heavy atom. The lowest BCUT2D eigenvalue weighted by atomic mass is 9.85. The molecule has 0 spiro atoms. The van der Waals surface area contributed by atoms with E-state index < -0.39 is 34.1 Å². The van der Waals surface area contributed by atoms with Crippen LogP contribution in [0.4, 0.5) is 4.79 Å². The highest BCUT2D eigenvalue weighted by Gasteiger charge is 2.41. The average Bonchev–Trinajstić information content (AvgIpc) is 3.68. The molecule has 3 atom stereocenters. The van der Waals surface area contributed by atoms with Crippen LogP contribution in [0.15, 0.2) is 70.0 Å². The molecule has 0 bridgehead atoms. The fraction of sp³-hybridized carbons (Fsp3) is 0.500. The molecule has 1 aromatic heterocycles. The predicted molar refractivity (Wildman–Crippen MR) is 194 cm³/mol. The van der Waals surface area contributed by atoms with Gasteiger partial charge in [-0.05, 0) is 54.4 Å². The number of urea groups is 1. The van der Waals surface area contributed by atoms with Crippen molar-refractivity contribution in [2.24, 2.45) is 17.0 Å². The minimum absolute atomic E-state index is 0.0531. The van der Waals surface area contributed by atoms with Crippen LogP contribution in [-0.4, -0.2) is 107 Å². The lowest BCUT2D eigenvalue weighted by Crippen LogP contribution is -2.57. The molecule has 1 aliphatic heterocycles. The Hall–Kier alpha value is -3.89. The largest absolute Gasteiger partial charge is 0.411 e. The predicted octanol–water partition coefficient (Wildman–Crippen LogP) is 3.94. The zero-order valence-corrected chi connectivity index (χ0v) is 30.9. The number of oxime groups is 1. The quantitative estimate of drug-likeness (QED) is 0.100. The summed E-state index contributed by atoms with van der Waals surface area (Å²) >= 11 is 1.47. The smallest absolute Gasteiger partial charge is 0.321 e. The van der Waals surface area contributed by atoms with Crippen molar-refractivity contribution in [1.29, 1.82) is 0 Å². The first kappa shape index (κ1) is 38.3. The van der Waals surface area contributed by atoms with Crippen LogP contribution in [0.2, 0.25) is 0 Å². The molecule has 276 valence electrons. The van der Waals surface area contributed by atoms with Gasteiger partial charge >= 0.3 is 6.03 Å². The molecule has 0 radical (unpaired) electrons. The third-order valence-corrected chi connectivity index (χ3v) is 12.2. The number of amides is 3. The van der Waals surface area contributed by atoms with Crippen LogP contribution >= 0.6 is 11.3 Å². The van der Waals surface area contributed by atoms with Crippen molar-refractivity contribution in [3.05, 3.63) is 81.8 Å². The molecule has 3 N–H and O–H groups in total. The first-order valence-corrected chi connectivity index (χ1v) is 19.6. The number of carbonyl (C=O) groups is 2. The van der Waals surface area contributed by atoms with Gasteiger partial charge in [0.05, 0.1) is 42.1 Å². The first-order chi connectivity index (χ1) is 24.5. The summed E-state index contributed by atoms with van der Waals surface area (Å²) in [7, 11) is -2.43. The van der Waals surface area contributed by atoms with Crippen molar-refractivity contribution in [2.75, 3.05) is 33.3 Å². The van der Waals surface area contributed by atoms with Gasteiger partial charge in [-0.1, -0.05) is 67.9 Å². The van der Waals surface area contributed by atoms with Crippen molar-refractivity contribution in [3.63, 3.8) is 0 Å². The highest BCUT2D eigenvalue weighted by atomic mass is 32.2. The summed E-state index contributed by atoms with van der Waals surface area (Å²) in [4.78, 5) is 35.7. The van der Waals surface area contributed by atoms with Crippen molar-refractivity contribution >= 4 is 39.5 Å². The maximum atomic E-state index is 14.2. The summed E-state index contributed by atoms with van der Waals surface area (Å²) in [5.41, 5.74) is 2.15. The maximum absolute atomic E-state index is 14.2. The molecular formula is C36H48N6O7S2. The fourth-order valence-electron chi connectivity index (χ4n) is 6.55. The number of aliphatic hydroxyl groups excluding tert-OH is 1. The molecule has 3 amide bonds. The van der Waals surface area contributed by atoms with Crippen molar-refractivity contribution in [2.45, 2.75) is 75.8 Å². The third-order valence-electron chi connectivity index (χ3n) is 9.48. The van der Waals surface area contributed by atoms with Crippen LogP contribution in [0.25, 0.3) is 0 Å². The molecule has 1 saturated carbocycles. The number of aliphatic hydroxyl groups is 1. The van der Waals surface area contributed by atoms with Gasteiger partial charge in [0.25, 0.3) is 0 Å². The normalized spacial score (nSPS) is 17.3. The molecule has 1 aliphatic carbocycles. The molecular weight excluding hydrogens is 693 g/mol. The van der Waals surface area contributed by atoms with Crippen molar-refractivity contribution in [3.8, 4) is 0 Å². The van der Waals surface area contributed by atoms with Crippen molar-refractivity contribution in [1.82, 2.24) is 24.4 Å². The van der Waals surface area contributed by atoms with Gasteiger partial charge in [0, 0.05) is 38.7 Å². The molecule has 2 heterocycles. The Morgan fingerprint density at radius 3 is 2.51 bits per heavy atom. The Balaban J connectivity index is 1.35. The minimum atomic E-state index is -4.03. The lowest BCUT2D eigenvalue weighted by molar-refractivity contribution is -0.128. The van der Waals surface area contributed by atoms with Gasteiger partial charge in [0.1, 0.15) is 11.0 Å². The van der Waals surface area contributed by atoms with E-state index in [2.05, 4.69) is 15.5 Å². The van der Waals surface area contributed by atoms with Gasteiger partial charge in [0.15, 0.2) is 0 Å². The fourth-order valence-corrected chi connectivity index (χ4v) is 8.84. The first-order valence-electron chi connectivity index (χ1n) is 17.3. The molecule has 2 fully saturated rings. The maximum Gasteiger partial charge on any atom is 0.321 e. The third kappa shape index (κ3) is 9.71. The van der Waals surface area contributed by atoms with E-state index in [0.717, 1.165) is 35.5 Å². The van der Waals surface area contributed by atoms with Gasteiger partial charge < -0.3 is 30.2 Å². The highest BCUT2D eigenvalue weighted by molar-refractivity contribution is 7.89. The Bertz CT molecular complexity index is 1730. The summed E-state index contributed by atoms with van der Waals surface area (Å²) in [6.45, 7) is 5.27. The second-order valence-electron chi connectivity index (χ2n) is 13.6. The van der Waals surface area contributed by atoms with E-state index in [1.165, 1.54) is 34.0 Å². The summed E-state index contributed by atoms with van der Waals surface area (Å²) in [6.07, 6.45) is 3.00. The summed E-state index contributed by atoms with van der Waals surface area (Å²) in [6, 6.07) is 13.5. The molecule has 5 rings (SSSR count). The monoisotopic (exact) mass is 740 g/mol. The SMILES string of the molecule is COCc1nc(CN2CCN([C@H](C(=O)N[C@@H](Cc3ccccc3)[C@H](O)CN(CC3CCC3)S(=O)(=O)c3ccc(/C=N/O)cc3)C(C)C)C2=O)cs1. The molecule has 13 nitrogen and oxygen atoms in total. The van der Waals surface area contributed by atoms with Gasteiger partial charge in [-0.3, -0.25) is 4.79 Å². The Kier molecular flexibility index (Phi) is 13.2. The lowest BCUT2D eigenvalue weighted by Gasteiger charge is -2.36. The van der Waals surface area contributed by atoms with Crippen molar-refractivity contribution < 1.29 is 33.1 Å². The van der Waals surface area contributed by atoms with Crippen LogP contribution in [0.1, 0.15) is 54.9 Å². The average molecular weight is 741 g/mol. The number of rotatable bonds is 18. The van der Waals surface area contributed by atoms with Gasteiger partial charge in [0.2, 0.25) is 15.9 Å². The Labute approximate surface area is 304 Å². The number of thiazole rings is 1. The number of carbonyl (C=O) groups excluding carboxylic acids is 2. The summed E-state index contributed by atoms with van der Waals surface area (Å²) in [5.74, 6) is -0.490. The number of ether oxygens (including phenoxy) is 1. The summed E-state index contributed by atoms with van der Waals surface area (Å²) in [5, 5.41) is 29.5. The zero-order valence-electron chi connectivity index (χ0n) is 29.3. The van der Waals surface area contributed by atoms with E-state index >= 15 is 0 Å². The molecule has 0 unspecified atom stereocenters. The minimum Gasteiger partial charge on any atom is -0.411 e. The second-order valence-corrected chi connectivity index (χ2v) is 16.4. The molecule has 1 saturated heterocycles. The number of methoxy groups -OCH3 is 1. The number of hydrogen-bond acceptors (Lipinski definition) is 10. The molecule has 51 heavy (non-hydrogen) atoms. The van der Waals surface area contributed by atoms with E-state index in [1.54, 1.807) is 29.0 Å². The second kappa shape index (κ2) is 17.6. The van der Waals surface area contributed by atoms with E-state index in [0.29, 0.717) is 31.8 Å². The van der Waals surface area contributed by atoms with E-state index in [-0.39, 0.29) is 42.3 Å². The van der Waals surface area contributed by atoms with E-state index in [4.69, 9.17) is 9.94 Å². The van der Waals surface area contributed by atoms with Gasteiger partial charge in [-0.2, -0.15) is 4.31 Å². The molecule has 3 aromatic rings. The van der Waals surface area contributed by atoms with Gasteiger partial charge in [-0.15, -0.1) is 11.3 Å². The van der Waals surface area contributed by atoms with Crippen LogP contribution in [0.5, 0.6) is 0 Å². The van der Waals surface area contributed by atoms with E-state index in [1.807, 2.05) is 49.6 Å².